The van der Waals surface area contributed by atoms with Gasteiger partial charge in [0.2, 0.25) is 21.1 Å². The zero-order valence-corrected chi connectivity index (χ0v) is 16.2. The summed E-state index contributed by atoms with van der Waals surface area (Å²) in [5, 5.41) is 10.6. The number of rotatable bonds is 7. The van der Waals surface area contributed by atoms with Crippen molar-refractivity contribution in [3.8, 4) is 0 Å². The molecule has 0 aliphatic rings. The first-order valence-electron chi connectivity index (χ1n) is 7.24. The summed E-state index contributed by atoms with van der Waals surface area (Å²) in [7, 11) is -3.81. The number of nitrogens with zero attached hydrogens (tertiary/aromatic N) is 3. The minimum Gasteiger partial charge on any atom is -0.299 e. The van der Waals surface area contributed by atoms with Crippen LogP contribution in [0.3, 0.4) is 0 Å². The standard InChI is InChI=1S/C14H17FN4O3S3/c1-4-23-14-18-17-13(24-14)16-12(20)9(2)19(25(3,21)22)11-7-5-6-10(15)8-11/h5-9H,4H2,1-3H3,(H,16,17,20). The number of hydrogen-bond acceptors (Lipinski definition) is 7. The molecule has 2 rings (SSSR count). The van der Waals surface area contributed by atoms with Crippen molar-refractivity contribution in [2.75, 3.05) is 21.6 Å². The van der Waals surface area contributed by atoms with Crippen LogP contribution in [-0.2, 0) is 14.8 Å². The number of halogens is 1. The second kappa shape index (κ2) is 8.11. The molecule has 0 bridgehead atoms. The van der Waals surface area contributed by atoms with Crippen molar-refractivity contribution in [2.45, 2.75) is 24.2 Å². The number of anilines is 2. The Morgan fingerprint density at radius 1 is 1.44 bits per heavy atom. The molecule has 1 aromatic carbocycles. The van der Waals surface area contributed by atoms with Gasteiger partial charge >= 0.3 is 0 Å². The lowest BCUT2D eigenvalue weighted by Gasteiger charge is -2.27. The Balaban J connectivity index is 2.23. The molecule has 1 N–H and O–H groups in total. The third-order valence-corrected chi connectivity index (χ3v) is 6.15. The van der Waals surface area contributed by atoms with E-state index < -0.39 is 27.8 Å². The van der Waals surface area contributed by atoms with Crippen LogP contribution in [0, 0.1) is 5.82 Å². The summed E-state index contributed by atoms with van der Waals surface area (Å²) in [6.07, 6.45) is 0.961. The van der Waals surface area contributed by atoms with E-state index in [4.69, 9.17) is 0 Å². The highest BCUT2D eigenvalue weighted by Crippen LogP contribution is 2.26. The van der Waals surface area contributed by atoms with E-state index in [-0.39, 0.29) is 10.8 Å². The van der Waals surface area contributed by atoms with Crippen molar-refractivity contribution in [2.24, 2.45) is 0 Å². The van der Waals surface area contributed by atoms with Crippen LogP contribution in [0.5, 0.6) is 0 Å². The molecule has 1 amide bonds. The molecule has 1 aromatic heterocycles. The number of carbonyl (C=O) groups is 1. The average Bonchev–Trinajstić information content (AvgIpc) is 2.93. The number of thioether (sulfide) groups is 1. The molecular weight excluding hydrogens is 387 g/mol. The summed E-state index contributed by atoms with van der Waals surface area (Å²) in [5.74, 6) is -0.358. The van der Waals surface area contributed by atoms with Crippen molar-refractivity contribution >= 4 is 49.8 Å². The quantitative estimate of drug-likeness (QED) is 0.563. The Hall–Kier alpha value is -1.72. The van der Waals surface area contributed by atoms with Gasteiger partial charge in [-0.25, -0.2) is 12.8 Å². The van der Waals surface area contributed by atoms with Gasteiger partial charge in [0.1, 0.15) is 11.9 Å². The van der Waals surface area contributed by atoms with Crippen LogP contribution in [0.25, 0.3) is 0 Å². The highest BCUT2D eigenvalue weighted by atomic mass is 32.2. The maximum atomic E-state index is 13.5. The lowest BCUT2D eigenvalue weighted by molar-refractivity contribution is -0.116. The Labute approximate surface area is 153 Å². The van der Waals surface area contributed by atoms with Crippen molar-refractivity contribution in [1.29, 1.82) is 0 Å². The summed E-state index contributed by atoms with van der Waals surface area (Å²) in [4.78, 5) is 12.4. The molecule has 1 atom stereocenters. The van der Waals surface area contributed by atoms with Crippen molar-refractivity contribution in [1.82, 2.24) is 10.2 Å². The molecule has 0 radical (unpaired) electrons. The monoisotopic (exact) mass is 404 g/mol. The van der Waals surface area contributed by atoms with Crippen molar-refractivity contribution < 1.29 is 17.6 Å². The van der Waals surface area contributed by atoms with Crippen LogP contribution in [-0.4, -0.2) is 42.6 Å². The first-order chi connectivity index (χ1) is 11.7. The predicted octanol–water partition coefficient (Wildman–Crippen LogP) is 2.58. The Morgan fingerprint density at radius 2 is 2.16 bits per heavy atom. The van der Waals surface area contributed by atoms with Crippen LogP contribution in [0.1, 0.15) is 13.8 Å². The van der Waals surface area contributed by atoms with Gasteiger partial charge in [0.25, 0.3) is 0 Å². The molecule has 0 aliphatic heterocycles. The smallest absolute Gasteiger partial charge is 0.249 e. The minimum atomic E-state index is -3.81. The second-order valence-corrected chi connectivity index (χ2v) is 9.36. The molecule has 0 saturated carbocycles. The second-order valence-electron chi connectivity index (χ2n) is 5.01. The fourth-order valence-electron chi connectivity index (χ4n) is 2.07. The molecule has 136 valence electrons. The zero-order chi connectivity index (χ0) is 18.6. The molecule has 1 unspecified atom stereocenters. The van der Waals surface area contributed by atoms with E-state index >= 15 is 0 Å². The van der Waals surface area contributed by atoms with E-state index in [1.807, 2.05) is 6.92 Å². The minimum absolute atomic E-state index is 0.0737. The molecule has 11 heteroatoms. The SMILES string of the molecule is CCSc1nnc(NC(=O)C(C)N(c2cccc(F)c2)S(C)(=O)=O)s1. The third-order valence-electron chi connectivity index (χ3n) is 3.06. The number of carbonyl (C=O) groups excluding carboxylic acids is 1. The Kier molecular flexibility index (Phi) is 6.36. The summed E-state index contributed by atoms with van der Waals surface area (Å²) in [5.41, 5.74) is 0.0737. The van der Waals surface area contributed by atoms with Crippen LogP contribution in [0.15, 0.2) is 28.6 Å². The van der Waals surface area contributed by atoms with E-state index in [9.17, 15) is 17.6 Å². The number of nitrogens with one attached hydrogen (secondary N) is 1. The van der Waals surface area contributed by atoms with E-state index in [1.165, 1.54) is 48.2 Å². The van der Waals surface area contributed by atoms with Gasteiger partial charge in [0.05, 0.1) is 11.9 Å². The van der Waals surface area contributed by atoms with Gasteiger partial charge in [-0.1, -0.05) is 36.1 Å². The Bertz CT molecular complexity index is 857. The average molecular weight is 405 g/mol. The van der Waals surface area contributed by atoms with E-state index in [0.717, 1.165) is 22.4 Å². The number of amides is 1. The Morgan fingerprint density at radius 3 is 2.76 bits per heavy atom. The van der Waals surface area contributed by atoms with Gasteiger partial charge in [0, 0.05) is 0 Å². The molecule has 0 aliphatic carbocycles. The van der Waals surface area contributed by atoms with E-state index in [0.29, 0.717) is 4.34 Å². The number of benzene rings is 1. The highest BCUT2D eigenvalue weighted by molar-refractivity contribution is 8.01. The first kappa shape index (κ1) is 19.6. The number of aromatic nitrogens is 2. The number of sulfonamides is 1. The van der Waals surface area contributed by atoms with Gasteiger partial charge in [-0.2, -0.15) is 0 Å². The van der Waals surface area contributed by atoms with E-state index in [2.05, 4.69) is 15.5 Å². The third kappa shape index (κ3) is 5.13. The maximum absolute atomic E-state index is 13.5. The normalized spacial score (nSPS) is 12.6. The van der Waals surface area contributed by atoms with Crippen LogP contribution in [0.4, 0.5) is 15.2 Å². The maximum Gasteiger partial charge on any atom is 0.249 e. The molecule has 0 saturated heterocycles. The van der Waals surface area contributed by atoms with Gasteiger partial charge in [0.15, 0.2) is 4.34 Å². The zero-order valence-electron chi connectivity index (χ0n) is 13.8. The molecule has 25 heavy (non-hydrogen) atoms. The van der Waals surface area contributed by atoms with Gasteiger partial charge in [-0.3, -0.25) is 14.4 Å². The summed E-state index contributed by atoms with van der Waals surface area (Å²) in [6.45, 7) is 3.39. The highest BCUT2D eigenvalue weighted by Gasteiger charge is 2.30. The molecule has 2 aromatic rings. The van der Waals surface area contributed by atoms with Crippen LogP contribution < -0.4 is 9.62 Å². The molecule has 1 heterocycles. The first-order valence-corrected chi connectivity index (χ1v) is 10.9. The molecule has 7 nitrogen and oxygen atoms in total. The lowest BCUT2D eigenvalue weighted by Crippen LogP contribution is -2.45. The number of hydrogen-bond donors (Lipinski definition) is 1. The largest absolute Gasteiger partial charge is 0.299 e. The fraction of sp³-hybridized carbons (Fsp3) is 0.357. The summed E-state index contributed by atoms with van der Waals surface area (Å²) < 4.78 is 39.3. The van der Waals surface area contributed by atoms with Gasteiger partial charge in [-0.05, 0) is 30.9 Å². The fourth-order valence-corrected chi connectivity index (χ4v) is 4.89. The van der Waals surface area contributed by atoms with Gasteiger partial charge < -0.3 is 0 Å². The van der Waals surface area contributed by atoms with Crippen LogP contribution >= 0.6 is 23.1 Å². The molecule has 0 fully saturated rings. The topological polar surface area (TPSA) is 92.3 Å². The molecule has 0 spiro atoms. The van der Waals surface area contributed by atoms with E-state index in [1.54, 1.807) is 0 Å². The summed E-state index contributed by atoms with van der Waals surface area (Å²) in [6, 6.07) is 3.97. The summed E-state index contributed by atoms with van der Waals surface area (Å²) >= 11 is 2.69. The molecular formula is C14H17FN4O3S3. The van der Waals surface area contributed by atoms with Gasteiger partial charge in [-0.15, -0.1) is 10.2 Å². The van der Waals surface area contributed by atoms with Crippen molar-refractivity contribution in [3.63, 3.8) is 0 Å². The van der Waals surface area contributed by atoms with Crippen molar-refractivity contribution in [3.05, 3.63) is 30.1 Å². The van der Waals surface area contributed by atoms with Crippen LogP contribution in [0.2, 0.25) is 0 Å². The lowest BCUT2D eigenvalue weighted by atomic mass is 10.2. The predicted molar refractivity (Wildman–Crippen MR) is 98.1 cm³/mol.